The molecule has 34 heavy (non-hydrogen) atoms. The zero-order valence-electron chi connectivity index (χ0n) is 20.1. The zero-order valence-corrected chi connectivity index (χ0v) is 20.1. The topological polar surface area (TPSA) is 220 Å². The highest BCUT2D eigenvalue weighted by Gasteiger charge is 2.54. The Morgan fingerprint density at radius 3 is 2.12 bits per heavy atom. The van der Waals surface area contributed by atoms with E-state index in [1.807, 2.05) is 7.05 Å². The number of rotatable bonds is 8. The first kappa shape index (κ1) is 28.1. The molecule has 0 aromatic rings. The van der Waals surface area contributed by atoms with Gasteiger partial charge in [-0.25, -0.2) is 0 Å². The van der Waals surface area contributed by atoms with Gasteiger partial charge in [-0.3, -0.25) is 0 Å². The highest BCUT2D eigenvalue weighted by molar-refractivity contribution is 5.04. The Labute approximate surface area is 200 Å². The van der Waals surface area contributed by atoms with E-state index in [1.165, 1.54) is 6.92 Å². The Hall–Kier alpha value is -0.520. The molecule has 0 aromatic heterocycles. The minimum Gasteiger partial charge on any atom is -0.394 e. The van der Waals surface area contributed by atoms with Crippen LogP contribution < -0.4 is 27.8 Å². The molecule has 2 saturated heterocycles. The molecule has 3 aliphatic rings. The number of likely N-dealkylation sites (N-methyl/N-ethyl adjacent to an activating group) is 2. The van der Waals surface area contributed by atoms with Crippen molar-refractivity contribution in [3.8, 4) is 0 Å². The largest absolute Gasteiger partial charge is 0.394 e. The van der Waals surface area contributed by atoms with Gasteiger partial charge in [0.1, 0.15) is 36.1 Å². The van der Waals surface area contributed by atoms with Crippen LogP contribution in [-0.4, -0.2) is 127 Å². The van der Waals surface area contributed by atoms with Gasteiger partial charge >= 0.3 is 0 Å². The molecule has 0 spiro atoms. The average molecular weight is 494 g/mol. The Morgan fingerprint density at radius 1 is 0.941 bits per heavy atom. The molecule has 0 aromatic carbocycles. The number of aliphatic hydroxyl groups excluding tert-OH is 3. The lowest BCUT2D eigenvalue weighted by molar-refractivity contribution is -0.330. The van der Waals surface area contributed by atoms with E-state index in [2.05, 4.69) is 10.6 Å². The number of nitrogens with two attached hydrogens (primary N) is 3. The smallest absolute Gasteiger partial charge is 0.186 e. The summed E-state index contributed by atoms with van der Waals surface area (Å²) in [5.41, 5.74) is 17.2. The molecular formula is C21H43N5O8. The van der Waals surface area contributed by atoms with Crippen LogP contribution in [0.15, 0.2) is 0 Å². The second-order valence-electron chi connectivity index (χ2n) is 9.84. The van der Waals surface area contributed by atoms with Crippen molar-refractivity contribution in [2.45, 2.75) is 105 Å². The van der Waals surface area contributed by atoms with Gasteiger partial charge in [-0.15, -0.1) is 0 Å². The van der Waals surface area contributed by atoms with E-state index in [0.29, 0.717) is 13.0 Å². The zero-order chi connectivity index (χ0) is 25.2. The van der Waals surface area contributed by atoms with Gasteiger partial charge in [-0.05, 0) is 40.3 Å². The first-order valence-corrected chi connectivity index (χ1v) is 11.9. The normalized spacial score (nSPS) is 50.3. The van der Waals surface area contributed by atoms with E-state index in [9.17, 15) is 20.4 Å². The molecule has 3 fully saturated rings. The van der Waals surface area contributed by atoms with E-state index in [1.54, 1.807) is 7.05 Å². The summed E-state index contributed by atoms with van der Waals surface area (Å²) in [6.45, 7) is 1.59. The van der Waals surface area contributed by atoms with Crippen molar-refractivity contribution >= 4 is 0 Å². The maximum atomic E-state index is 11.2. The molecule has 1 saturated carbocycles. The first-order valence-electron chi connectivity index (χ1n) is 11.9. The maximum absolute atomic E-state index is 11.2. The van der Waals surface area contributed by atoms with E-state index in [4.69, 9.17) is 36.1 Å². The number of nitrogens with one attached hydrogen (secondary N) is 2. The minimum absolute atomic E-state index is 0.0754. The molecule has 0 radical (unpaired) electrons. The van der Waals surface area contributed by atoms with Crippen molar-refractivity contribution in [1.29, 1.82) is 0 Å². The molecule has 13 nitrogen and oxygen atoms in total. The summed E-state index contributed by atoms with van der Waals surface area (Å²) in [7, 11) is 3.40. The summed E-state index contributed by atoms with van der Waals surface area (Å²) < 4.78 is 23.7. The van der Waals surface area contributed by atoms with Gasteiger partial charge in [0.15, 0.2) is 12.6 Å². The summed E-state index contributed by atoms with van der Waals surface area (Å²) in [6, 6.07) is -2.53. The lowest BCUT2D eigenvalue weighted by Crippen LogP contribution is -2.71. The van der Waals surface area contributed by atoms with Crippen molar-refractivity contribution < 1.29 is 39.4 Å². The van der Waals surface area contributed by atoms with E-state index in [0.717, 1.165) is 6.42 Å². The fourth-order valence-electron chi connectivity index (χ4n) is 5.22. The van der Waals surface area contributed by atoms with Crippen molar-refractivity contribution in [2.75, 3.05) is 27.2 Å². The molecule has 13 unspecified atom stereocenters. The van der Waals surface area contributed by atoms with Crippen molar-refractivity contribution in [3.05, 3.63) is 0 Å². The van der Waals surface area contributed by atoms with Crippen LogP contribution in [0.3, 0.4) is 0 Å². The van der Waals surface area contributed by atoms with Crippen molar-refractivity contribution in [3.63, 3.8) is 0 Å². The van der Waals surface area contributed by atoms with Gasteiger partial charge in [-0.2, -0.15) is 0 Å². The molecule has 0 bridgehead atoms. The third-order valence-electron chi connectivity index (χ3n) is 7.25. The van der Waals surface area contributed by atoms with Gasteiger partial charge in [0, 0.05) is 18.6 Å². The van der Waals surface area contributed by atoms with Gasteiger partial charge in [0.2, 0.25) is 0 Å². The maximum Gasteiger partial charge on any atom is 0.186 e. The van der Waals surface area contributed by atoms with Crippen LogP contribution in [0.2, 0.25) is 0 Å². The van der Waals surface area contributed by atoms with Gasteiger partial charge in [0.25, 0.3) is 0 Å². The average Bonchev–Trinajstić information content (AvgIpc) is 2.77. The minimum atomic E-state index is -1.57. The van der Waals surface area contributed by atoms with Crippen LogP contribution in [0.25, 0.3) is 0 Å². The third kappa shape index (κ3) is 5.72. The molecule has 200 valence electrons. The van der Waals surface area contributed by atoms with Crippen LogP contribution in [-0.2, 0) is 18.9 Å². The van der Waals surface area contributed by atoms with Crippen LogP contribution in [0.4, 0.5) is 0 Å². The predicted molar refractivity (Wildman–Crippen MR) is 121 cm³/mol. The SMILES string of the molecule is CNCC1CCC(N)C(OC2C(N)CC(N)C(OC3OC(CO)C(C)(O)C(NC)C3O)C2O)O1. The second kappa shape index (κ2) is 11.7. The Balaban J connectivity index is 1.72. The van der Waals surface area contributed by atoms with E-state index >= 15 is 0 Å². The quantitative estimate of drug-likeness (QED) is 0.156. The molecule has 3 rings (SSSR count). The molecule has 1 aliphatic carbocycles. The summed E-state index contributed by atoms with van der Waals surface area (Å²) in [5, 5.41) is 48.3. The van der Waals surface area contributed by atoms with Crippen molar-refractivity contribution in [1.82, 2.24) is 10.6 Å². The Kier molecular flexibility index (Phi) is 9.64. The van der Waals surface area contributed by atoms with E-state index in [-0.39, 0.29) is 18.6 Å². The summed E-state index contributed by atoms with van der Waals surface area (Å²) in [5.74, 6) is 0. The Morgan fingerprint density at radius 2 is 1.56 bits per heavy atom. The highest BCUT2D eigenvalue weighted by Crippen LogP contribution is 2.33. The fourth-order valence-corrected chi connectivity index (χ4v) is 5.22. The van der Waals surface area contributed by atoms with Crippen LogP contribution >= 0.6 is 0 Å². The van der Waals surface area contributed by atoms with Crippen LogP contribution in [0.5, 0.6) is 0 Å². The monoisotopic (exact) mass is 493 g/mol. The second-order valence-corrected chi connectivity index (χ2v) is 9.84. The highest BCUT2D eigenvalue weighted by atomic mass is 16.7. The lowest BCUT2D eigenvalue weighted by Gasteiger charge is -2.50. The number of ether oxygens (including phenoxy) is 4. The van der Waals surface area contributed by atoms with Crippen molar-refractivity contribution in [2.24, 2.45) is 17.2 Å². The number of aliphatic hydroxyl groups is 4. The fraction of sp³-hybridized carbons (Fsp3) is 1.00. The number of hydrogen-bond acceptors (Lipinski definition) is 13. The van der Waals surface area contributed by atoms with Gasteiger partial charge < -0.3 is 67.2 Å². The molecule has 0 amide bonds. The third-order valence-corrected chi connectivity index (χ3v) is 7.25. The van der Waals surface area contributed by atoms with Crippen LogP contribution in [0, 0.1) is 0 Å². The standard InChI is InChI=1S/C21H43N5O8/c1-21(30)13(8-27)32-20(15(29)18(21)26-3)34-17-12(24)6-11(23)16(14(17)28)33-19-10(22)5-4-9(31-19)7-25-2/h9-20,25-30H,4-8,22-24H2,1-3H3. The molecule has 13 atom stereocenters. The summed E-state index contributed by atoms with van der Waals surface area (Å²) in [4.78, 5) is 0. The molecule has 12 N–H and O–H groups in total. The van der Waals surface area contributed by atoms with Crippen LogP contribution in [0.1, 0.15) is 26.2 Å². The van der Waals surface area contributed by atoms with Gasteiger partial charge in [-0.1, -0.05) is 0 Å². The molecule has 13 heteroatoms. The predicted octanol–water partition coefficient (Wildman–Crippen LogP) is -4.36. The molecular weight excluding hydrogens is 450 g/mol. The number of hydrogen-bond donors (Lipinski definition) is 9. The van der Waals surface area contributed by atoms with Gasteiger partial charge in [0.05, 0.1) is 24.8 Å². The van der Waals surface area contributed by atoms with E-state index < -0.39 is 73.4 Å². The first-order chi connectivity index (χ1) is 16.0. The molecule has 2 aliphatic heterocycles. The summed E-state index contributed by atoms with van der Waals surface area (Å²) >= 11 is 0. The molecule has 2 heterocycles. The summed E-state index contributed by atoms with van der Waals surface area (Å²) in [6.07, 6.45) is -5.85. The Bertz CT molecular complexity index is 648. The lowest BCUT2D eigenvalue weighted by atomic mass is 9.82.